The van der Waals surface area contributed by atoms with Gasteiger partial charge in [0.1, 0.15) is 5.75 Å². The molecule has 2 aromatic carbocycles. The number of rotatable bonds is 3. The molecule has 3 aromatic rings. The molecule has 0 aliphatic carbocycles. The van der Waals surface area contributed by atoms with Crippen LogP contribution in [0.1, 0.15) is 21.6 Å². The van der Waals surface area contributed by atoms with Crippen LogP contribution in [0.2, 0.25) is 10.0 Å². The number of hydrogen-bond acceptors (Lipinski definition) is 3. The number of pyridine rings is 1. The molecule has 1 N–H and O–H groups in total. The van der Waals surface area contributed by atoms with Gasteiger partial charge >= 0.3 is 0 Å². The number of hydrogen-bond donors (Lipinski definition) is 1. The molecule has 4 nitrogen and oxygen atoms in total. The minimum atomic E-state index is -0.271. The van der Waals surface area contributed by atoms with E-state index in [9.17, 15) is 4.79 Å². The Morgan fingerprint density at radius 3 is 2.60 bits per heavy atom. The molecule has 1 amide bonds. The highest BCUT2D eigenvalue weighted by molar-refractivity contribution is 6.32. The summed E-state index contributed by atoms with van der Waals surface area (Å²) < 4.78 is 5.30. The maximum atomic E-state index is 12.8. The van der Waals surface area contributed by atoms with Crippen molar-refractivity contribution in [3.63, 3.8) is 0 Å². The summed E-state index contributed by atoms with van der Waals surface area (Å²) in [5.74, 6) is 0.227. The predicted octanol–water partition coefficient (Wildman–Crippen LogP) is 5.42. The molecule has 3 rings (SSSR count). The zero-order chi connectivity index (χ0) is 18.1. The van der Waals surface area contributed by atoms with Gasteiger partial charge in [-0.15, -0.1) is 0 Å². The number of benzene rings is 2. The number of anilines is 1. The van der Waals surface area contributed by atoms with E-state index in [0.29, 0.717) is 32.7 Å². The Balaban J connectivity index is 2.00. The third kappa shape index (κ3) is 3.55. The molecule has 6 heteroatoms. The Hall–Kier alpha value is -2.30. The fourth-order valence-corrected chi connectivity index (χ4v) is 2.93. The minimum Gasteiger partial charge on any atom is -0.495 e. The third-order valence-corrected chi connectivity index (χ3v) is 4.58. The molecule has 0 aliphatic heterocycles. The van der Waals surface area contributed by atoms with Crippen LogP contribution in [0.15, 0.2) is 36.4 Å². The number of carbonyl (C=O) groups is 1. The molecule has 0 bridgehead atoms. The highest BCUT2D eigenvalue weighted by Crippen LogP contribution is 2.31. The monoisotopic (exact) mass is 374 g/mol. The average molecular weight is 375 g/mol. The van der Waals surface area contributed by atoms with Crippen molar-refractivity contribution in [3.05, 3.63) is 63.3 Å². The van der Waals surface area contributed by atoms with E-state index in [0.717, 1.165) is 16.5 Å². The van der Waals surface area contributed by atoms with Gasteiger partial charge in [0.2, 0.25) is 0 Å². The van der Waals surface area contributed by atoms with E-state index in [4.69, 9.17) is 27.9 Å². The standard InChI is InChI=1S/C19H16Cl2N2O2/c1-10-6-17(18(25-3)9-15(10)21)23-19(24)14-8-12-7-13(20)4-5-16(12)22-11(14)2/h4-9H,1-3H3,(H,23,24). The van der Waals surface area contributed by atoms with Crippen LogP contribution >= 0.6 is 23.2 Å². The van der Waals surface area contributed by atoms with Crippen LogP contribution in [0.5, 0.6) is 5.75 Å². The number of aromatic nitrogens is 1. The SMILES string of the molecule is COc1cc(Cl)c(C)cc1NC(=O)c1cc2cc(Cl)ccc2nc1C. The topological polar surface area (TPSA) is 51.2 Å². The van der Waals surface area contributed by atoms with Crippen molar-refractivity contribution < 1.29 is 9.53 Å². The molecule has 1 aromatic heterocycles. The lowest BCUT2D eigenvalue weighted by Gasteiger charge is -2.13. The smallest absolute Gasteiger partial charge is 0.257 e. The largest absolute Gasteiger partial charge is 0.495 e. The first-order chi connectivity index (χ1) is 11.9. The third-order valence-electron chi connectivity index (χ3n) is 3.94. The Morgan fingerprint density at radius 2 is 1.88 bits per heavy atom. The first-order valence-corrected chi connectivity index (χ1v) is 8.37. The van der Waals surface area contributed by atoms with Crippen molar-refractivity contribution in [2.75, 3.05) is 12.4 Å². The van der Waals surface area contributed by atoms with Crippen molar-refractivity contribution in [2.24, 2.45) is 0 Å². The highest BCUT2D eigenvalue weighted by atomic mass is 35.5. The van der Waals surface area contributed by atoms with Gasteiger partial charge in [0, 0.05) is 21.5 Å². The number of nitrogens with zero attached hydrogens (tertiary/aromatic N) is 1. The normalized spacial score (nSPS) is 10.8. The van der Waals surface area contributed by atoms with Crippen LogP contribution in [0.25, 0.3) is 10.9 Å². The van der Waals surface area contributed by atoms with Gasteiger partial charge in [0.15, 0.2) is 0 Å². The fraction of sp³-hybridized carbons (Fsp3) is 0.158. The van der Waals surface area contributed by atoms with E-state index >= 15 is 0 Å². The first-order valence-electron chi connectivity index (χ1n) is 7.61. The van der Waals surface area contributed by atoms with E-state index in [1.807, 2.05) is 13.0 Å². The van der Waals surface area contributed by atoms with Gasteiger partial charge in [-0.2, -0.15) is 0 Å². The zero-order valence-corrected chi connectivity index (χ0v) is 15.5. The highest BCUT2D eigenvalue weighted by Gasteiger charge is 2.15. The molecule has 0 atom stereocenters. The second kappa shape index (κ2) is 6.90. The summed E-state index contributed by atoms with van der Waals surface area (Å²) in [5.41, 5.74) is 3.30. The number of ether oxygens (including phenoxy) is 1. The van der Waals surface area contributed by atoms with Crippen molar-refractivity contribution in [1.82, 2.24) is 4.98 Å². The number of nitrogens with one attached hydrogen (secondary N) is 1. The van der Waals surface area contributed by atoms with Gasteiger partial charge in [0.05, 0.1) is 29.6 Å². The molecule has 1 heterocycles. The molecule has 25 heavy (non-hydrogen) atoms. The van der Waals surface area contributed by atoms with Crippen LogP contribution in [-0.2, 0) is 0 Å². The number of fused-ring (bicyclic) bond motifs is 1. The Labute approximate surface area is 155 Å². The number of methoxy groups -OCH3 is 1. The lowest BCUT2D eigenvalue weighted by Crippen LogP contribution is -2.15. The van der Waals surface area contributed by atoms with Gasteiger partial charge in [-0.25, -0.2) is 0 Å². The summed E-state index contributed by atoms with van der Waals surface area (Å²) in [6.07, 6.45) is 0. The summed E-state index contributed by atoms with van der Waals surface area (Å²) >= 11 is 12.1. The number of halogens is 2. The van der Waals surface area contributed by atoms with E-state index in [1.54, 1.807) is 37.3 Å². The van der Waals surface area contributed by atoms with E-state index in [-0.39, 0.29) is 5.91 Å². The fourth-order valence-electron chi connectivity index (χ4n) is 2.59. The molecule has 0 unspecified atom stereocenters. The van der Waals surface area contributed by atoms with Crippen LogP contribution < -0.4 is 10.1 Å². The minimum absolute atomic E-state index is 0.271. The number of carbonyl (C=O) groups excluding carboxylic acids is 1. The molecule has 0 saturated heterocycles. The number of aryl methyl sites for hydroxylation is 2. The average Bonchev–Trinajstić information content (AvgIpc) is 2.57. The van der Waals surface area contributed by atoms with Crippen molar-refractivity contribution in [1.29, 1.82) is 0 Å². The number of amides is 1. The molecule has 0 spiro atoms. The summed E-state index contributed by atoms with van der Waals surface area (Å²) in [6.45, 7) is 3.66. The van der Waals surface area contributed by atoms with E-state index < -0.39 is 0 Å². The second-order valence-electron chi connectivity index (χ2n) is 5.71. The molecular formula is C19H16Cl2N2O2. The van der Waals surface area contributed by atoms with Gasteiger partial charge < -0.3 is 10.1 Å². The van der Waals surface area contributed by atoms with Gasteiger partial charge in [0.25, 0.3) is 5.91 Å². The van der Waals surface area contributed by atoms with E-state index in [1.165, 1.54) is 7.11 Å². The Morgan fingerprint density at radius 1 is 1.12 bits per heavy atom. The van der Waals surface area contributed by atoms with Crippen molar-refractivity contribution >= 4 is 45.7 Å². The quantitative estimate of drug-likeness (QED) is 0.665. The Kier molecular flexibility index (Phi) is 4.84. The molecule has 0 saturated carbocycles. The summed E-state index contributed by atoms with van der Waals surface area (Å²) in [7, 11) is 1.53. The molecule has 0 fully saturated rings. The molecule has 0 aliphatic rings. The van der Waals surface area contributed by atoms with Crippen LogP contribution in [0.4, 0.5) is 5.69 Å². The maximum Gasteiger partial charge on any atom is 0.257 e. The summed E-state index contributed by atoms with van der Waals surface area (Å²) in [5, 5.41) is 4.85. The van der Waals surface area contributed by atoms with Gasteiger partial charge in [-0.05, 0) is 49.7 Å². The molecular weight excluding hydrogens is 359 g/mol. The van der Waals surface area contributed by atoms with Crippen molar-refractivity contribution in [2.45, 2.75) is 13.8 Å². The lowest BCUT2D eigenvalue weighted by atomic mass is 10.1. The van der Waals surface area contributed by atoms with Crippen molar-refractivity contribution in [3.8, 4) is 5.75 Å². The van der Waals surface area contributed by atoms with E-state index in [2.05, 4.69) is 10.3 Å². The summed E-state index contributed by atoms with van der Waals surface area (Å²) in [6, 6.07) is 10.6. The second-order valence-corrected chi connectivity index (χ2v) is 6.56. The Bertz CT molecular complexity index is 987. The van der Waals surface area contributed by atoms with Gasteiger partial charge in [-0.3, -0.25) is 9.78 Å². The van der Waals surface area contributed by atoms with Crippen LogP contribution in [-0.4, -0.2) is 18.0 Å². The molecule has 128 valence electrons. The lowest BCUT2D eigenvalue weighted by molar-refractivity contribution is 0.102. The van der Waals surface area contributed by atoms with Crippen LogP contribution in [0.3, 0.4) is 0 Å². The zero-order valence-electron chi connectivity index (χ0n) is 14.0. The van der Waals surface area contributed by atoms with Crippen LogP contribution in [0, 0.1) is 13.8 Å². The van der Waals surface area contributed by atoms with Gasteiger partial charge in [-0.1, -0.05) is 23.2 Å². The first kappa shape index (κ1) is 17.5. The molecule has 0 radical (unpaired) electrons. The summed E-state index contributed by atoms with van der Waals surface area (Å²) in [4.78, 5) is 17.2. The predicted molar refractivity (Wildman–Crippen MR) is 102 cm³/mol. The maximum absolute atomic E-state index is 12.8.